The van der Waals surface area contributed by atoms with Crippen LogP contribution in [0.25, 0.3) is 0 Å². The molecule has 73 valence electrons. The molecule has 0 spiro atoms. The highest BCUT2D eigenvalue weighted by Crippen LogP contribution is 2.19. The number of nitrogens with one attached hydrogen (secondary N) is 1. The number of nitrogens with zero attached hydrogens (tertiary/aromatic N) is 1. The number of hydrogen-bond acceptors (Lipinski definition) is 3. The molecule has 0 fully saturated rings. The average molecular weight is 189 g/mol. The predicted molar refractivity (Wildman–Crippen MR) is 55.8 cm³/mol. The second-order valence-electron chi connectivity index (χ2n) is 3.06. The van der Waals surface area contributed by atoms with Crippen LogP contribution >= 0.6 is 0 Å². The van der Waals surface area contributed by atoms with Crippen molar-refractivity contribution in [3.63, 3.8) is 0 Å². The molecule has 0 aromatic heterocycles. The number of anilines is 1. The third-order valence-corrected chi connectivity index (χ3v) is 1.97. The van der Waals surface area contributed by atoms with Gasteiger partial charge in [0.1, 0.15) is 0 Å². The third-order valence-electron chi connectivity index (χ3n) is 1.97. The van der Waals surface area contributed by atoms with E-state index in [0.29, 0.717) is 0 Å². The zero-order chi connectivity index (χ0) is 9.80. The smallest absolute Gasteiger partial charge is 0.152 e. The van der Waals surface area contributed by atoms with E-state index in [4.69, 9.17) is 4.84 Å². The molecule has 0 saturated carbocycles. The van der Waals surface area contributed by atoms with Crippen molar-refractivity contribution in [1.82, 2.24) is 5.43 Å². The molecule has 1 aliphatic heterocycles. The van der Waals surface area contributed by atoms with Crippen molar-refractivity contribution in [3.8, 4) is 0 Å². The summed E-state index contributed by atoms with van der Waals surface area (Å²) in [5, 5.41) is 1.64. The van der Waals surface area contributed by atoms with Gasteiger partial charge < -0.3 is 4.84 Å². The minimum Gasteiger partial charge on any atom is -0.362 e. The van der Waals surface area contributed by atoms with Crippen LogP contribution in [0.15, 0.2) is 42.3 Å². The minimum absolute atomic E-state index is 0.843. The molecule has 0 aliphatic carbocycles. The van der Waals surface area contributed by atoms with E-state index in [2.05, 4.69) is 12.3 Å². The number of para-hydroxylation sites is 1. The van der Waals surface area contributed by atoms with Gasteiger partial charge in [0.05, 0.1) is 11.9 Å². The van der Waals surface area contributed by atoms with Crippen LogP contribution in [0, 0.1) is 6.92 Å². The first-order valence-corrected chi connectivity index (χ1v) is 4.68. The first-order valence-electron chi connectivity index (χ1n) is 4.68. The fourth-order valence-corrected chi connectivity index (χ4v) is 1.28. The third kappa shape index (κ3) is 1.82. The summed E-state index contributed by atoms with van der Waals surface area (Å²) in [6.07, 6.45) is 3.56. The zero-order valence-corrected chi connectivity index (χ0v) is 7.94. The number of hydrazine groups is 1. The van der Waals surface area contributed by atoms with Gasteiger partial charge in [-0.2, -0.15) is 0 Å². The predicted octanol–water partition coefficient (Wildman–Crippen LogP) is 2.40. The fourth-order valence-electron chi connectivity index (χ4n) is 1.28. The molecule has 1 aromatic rings. The Morgan fingerprint density at radius 2 is 2.07 bits per heavy atom. The van der Waals surface area contributed by atoms with E-state index in [1.807, 2.05) is 36.5 Å². The summed E-state index contributed by atoms with van der Waals surface area (Å²) in [6.45, 7) is 3.78. The van der Waals surface area contributed by atoms with Gasteiger partial charge in [0.25, 0.3) is 0 Å². The summed E-state index contributed by atoms with van der Waals surface area (Å²) < 4.78 is 0. The monoisotopic (exact) mass is 189 g/mol. The van der Waals surface area contributed by atoms with Gasteiger partial charge in [-0.15, -0.1) is 5.17 Å². The highest BCUT2D eigenvalue weighted by molar-refractivity contribution is 5.43. The Balaban J connectivity index is 1.99. The van der Waals surface area contributed by atoms with Gasteiger partial charge >= 0.3 is 0 Å². The van der Waals surface area contributed by atoms with E-state index >= 15 is 0 Å². The largest absolute Gasteiger partial charge is 0.362 e. The van der Waals surface area contributed by atoms with E-state index < -0.39 is 0 Å². The Labute approximate surface area is 83.9 Å². The SMILES string of the molecule is [CH2]CCC1=CNN(c2ccccc2)O1. The van der Waals surface area contributed by atoms with Gasteiger partial charge in [-0.1, -0.05) is 25.1 Å². The first-order chi connectivity index (χ1) is 6.90. The van der Waals surface area contributed by atoms with Crippen LogP contribution in [0.5, 0.6) is 0 Å². The van der Waals surface area contributed by atoms with Crippen LogP contribution in [0.1, 0.15) is 12.8 Å². The lowest BCUT2D eigenvalue weighted by molar-refractivity contribution is 0.183. The number of benzene rings is 1. The second-order valence-corrected chi connectivity index (χ2v) is 3.06. The Kier molecular flexibility index (Phi) is 2.58. The van der Waals surface area contributed by atoms with E-state index in [0.717, 1.165) is 24.3 Å². The molecule has 1 radical (unpaired) electrons. The van der Waals surface area contributed by atoms with E-state index in [-0.39, 0.29) is 0 Å². The van der Waals surface area contributed by atoms with Crippen molar-refractivity contribution in [3.05, 3.63) is 49.2 Å². The Morgan fingerprint density at radius 1 is 1.29 bits per heavy atom. The maximum atomic E-state index is 5.53. The Bertz CT molecular complexity index is 321. The van der Waals surface area contributed by atoms with Gasteiger partial charge in [0.15, 0.2) is 5.76 Å². The lowest BCUT2D eigenvalue weighted by Crippen LogP contribution is -2.27. The van der Waals surface area contributed by atoms with Gasteiger partial charge in [-0.25, -0.2) is 0 Å². The quantitative estimate of drug-likeness (QED) is 0.790. The number of allylic oxidation sites excluding steroid dienone is 1. The molecule has 0 saturated heterocycles. The second kappa shape index (κ2) is 4.05. The number of hydrogen-bond donors (Lipinski definition) is 1. The molecule has 0 amide bonds. The van der Waals surface area contributed by atoms with Gasteiger partial charge in [-0.05, 0) is 18.6 Å². The van der Waals surface area contributed by atoms with Crippen LogP contribution in [0.4, 0.5) is 5.69 Å². The molecule has 3 heteroatoms. The highest BCUT2D eigenvalue weighted by atomic mass is 16.7. The molecule has 1 N–H and O–H groups in total. The van der Waals surface area contributed by atoms with E-state index in [9.17, 15) is 0 Å². The molecule has 0 bridgehead atoms. The first kappa shape index (κ1) is 8.94. The van der Waals surface area contributed by atoms with Gasteiger partial charge in [-0.3, -0.25) is 5.43 Å². The Morgan fingerprint density at radius 3 is 2.79 bits per heavy atom. The summed E-state index contributed by atoms with van der Waals surface area (Å²) in [4.78, 5) is 5.53. The van der Waals surface area contributed by atoms with Crippen LogP contribution < -0.4 is 10.6 Å². The zero-order valence-electron chi connectivity index (χ0n) is 7.94. The summed E-state index contributed by atoms with van der Waals surface area (Å²) in [5.41, 5.74) is 4.02. The normalized spacial score (nSPS) is 14.6. The van der Waals surface area contributed by atoms with E-state index in [1.165, 1.54) is 0 Å². The molecular formula is C11H13N2O. The highest BCUT2D eigenvalue weighted by Gasteiger charge is 2.14. The maximum Gasteiger partial charge on any atom is 0.152 e. The molecule has 2 rings (SSSR count). The summed E-state index contributed by atoms with van der Waals surface area (Å²) >= 11 is 0. The van der Waals surface area contributed by atoms with Crippen LogP contribution in [-0.4, -0.2) is 0 Å². The summed E-state index contributed by atoms with van der Waals surface area (Å²) in [6, 6.07) is 9.88. The van der Waals surface area contributed by atoms with Gasteiger partial charge in [0, 0.05) is 6.42 Å². The standard InChI is InChI=1S/C11H13N2O/c1-2-6-11-9-12-13(14-11)10-7-4-3-5-8-10/h3-5,7-9,12H,1-2,6H2. The lowest BCUT2D eigenvalue weighted by Gasteiger charge is -2.17. The molecule has 3 nitrogen and oxygen atoms in total. The molecule has 0 atom stereocenters. The summed E-state index contributed by atoms with van der Waals surface area (Å²) in [7, 11) is 0. The lowest BCUT2D eigenvalue weighted by atomic mass is 10.3. The molecule has 1 heterocycles. The molecule has 14 heavy (non-hydrogen) atoms. The van der Waals surface area contributed by atoms with Crippen molar-refractivity contribution < 1.29 is 4.84 Å². The van der Waals surface area contributed by atoms with E-state index in [1.54, 1.807) is 5.17 Å². The van der Waals surface area contributed by atoms with Crippen molar-refractivity contribution in [2.24, 2.45) is 0 Å². The molecule has 0 unspecified atom stereocenters. The average Bonchev–Trinajstić information content (AvgIpc) is 2.68. The topological polar surface area (TPSA) is 24.5 Å². The van der Waals surface area contributed by atoms with Gasteiger partial charge in [0.2, 0.25) is 0 Å². The number of rotatable bonds is 3. The molecule has 1 aromatic carbocycles. The minimum atomic E-state index is 0.843. The van der Waals surface area contributed by atoms with Crippen LogP contribution in [0.3, 0.4) is 0 Å². The fraction of sp³-hybridized carbons (Fsp3) is 0.182. The van der Waals surface area contributed by atoms with Crippen molar-refractivity contribution in [2.45, 2.75) is 12.8 Å². The maximum absolute atomic E-state index is 5.53. The van der Waals surface area contributed by atoms with Crippen LogP contribution in [0.2, 0.25) is 0 Å². The van der Waals surface area contributed by atoms with Crippen molar-refractivity contribution in [2.75, 3.05) is 5.17 Å². The summed E-state index contributed by atoms with van der Waals surface area (Å²) in [5.74, 6) is 0.920. The molecule has 1 aliphatic rings. The van der Waals surface area contributed by atoms with Crippen LogP contribution in [-0.2, 0) is 4.84 Å². The molecular weight excluding hydrogens is 176 g/mol. The van der Waals surface area contributed by atoms with Crippen molar-refractivity contribution in [1.29, 1.82) is 0 Å². The van der Waals surface area contributed by atoms with Crippen molar-refractivity contribution >= 4 is 5.69 Å². The Hall–Kier alpha value is -1.64.